The van der Waals surface area contributed by atoms with Gasteiger partial charge in [0.1, 0.15) is 43.4 Å². The quantitative estimate of drug-likeness (QED) is 0.165. The largest absolute Gasteiger partial charge is 0.492 e. The van der Waals surface area contributed by atoms with Crippen molar-refractivity contribution in [2.75, 3.05) is 47.0 Å². The number of hydrogen-bond acceptors (Lipinski definition) is 12. The Morgan fingerprint density at radius 3 is 2.15 bits per heavy atom. The second-order valence-electron chi connectivity index (χ2n) is 13.2. The van der Waals surface area contributed by atoms with Gasteiger partial charge in [0.15, 0.2) is 5.78 Å². The number of amides is 2. The molecule has 0 aliphatic carbocycles. The topological polar surface area (TPSA) is 216 Å². The fourth-order valence-electron chi connectivity index (χ4n) is 6.38. The van der Waals surface area contributed by atoms with E-state index in [2.05, 4.69) is 5.32 Å². The van der Waals surface area contributed by atoms with Gasteiger partial charge in [0, 0.05) is 55.9 Å². The first kappa shape index (κ1) is 41.4. The zero-order chi connectivity index (χ0) is 39.2. The smallest absolute Gasteiger partial charge is 0.328 e. The predicted octanol–water partition coefficient (Wildman–Crippen LogP) is 2.44. The van der Waals surface area contributed by atoms with E-state index in [0.717, 1.165) is 5.56 Å². The van der Waals surface area contributed by atoms with Gasteiger partial charge in [-0.2, -0.15) is 0 Å². The molecule has 0 fully saturated rings. The Hall–Kier alpha value is -5.31. The Labute approximate surface area is 315 Å². The lowest BCUT2D eigenvalue weighted by Crippen LogP contribution is -2.46. The van der Waals surface area contributed by atoms with Crippen molar-refractivity contribution in [1.29, 1.82) is 0 Å². The molecule has 3 aromatic rings. The normalized spacial score (nSPS) is 17.7. The third-order valence-corrected chi connectivity index (χ3v) is 9.16. The van der Waals surface area contributed by atoms with Gasteiger partial charge >= 0.3 is 11.9 Å². The number of Topliss-reactive ketones (excluding diaryl/α,β-unsaturated/α-hetero) is 1. The van der Waals surface area contributed by atoms with Crippen LogP contribution in [-0.2, 0) is 46.5 Å². The third-order valence-electron chi connectivity index (χ3n) is 9.16. The van der Waals surface area contributed by atoms with Crippen molar-refractivity contribution in [2.45, 2.75) is 51.3 Å². The summed E-state index contributed by atoms with van der Waals surface area (Å²) in [6, 6.07) is 17.3. The molecule has 3 aromatic carbocycles. The highest BCUT2D eigenvalue weighted by Gasteiger charge is 2.36. The molecule has 0 radical (unpaired) electrons. The van der Waals surface area contributed by atoms with Gasteiger partial charge in [-0.1, -0.05) is 49.4 Å². The third kappa shape index (κ3) is 10.9. The molecular weight excluding hydrogens is 694 g/mol. The van der Waals surface area contributed by atoms with E-state index in [4.69, 9.17) is 36.1 Å². The lowest BCUT2D eigenvalue weighted by Gasteiger charge is -2.32. The van der Waals surface area contributed by atoms with Crippen molar-refractivity contribution < 1.29 is 42.9 Å². The van der Waals surface area contributed by atoms with Crippen molar-refractivity contribution >= 4 is 29.5 Å². The van der Waals surface area contributed by atoms with E-state index in [-0.39, 0.29) is 65.1 Å². The number of likely N-dealkylation sites (N-methyl/N-ethyl adjacent to an activating group) is 1. The highest BCUT2D eigenvalue weighted by Crippen LogP contribution is 2.40. The zero-order valence-electron chi connectivity index (χ0n) is 31.1. The minimum absolute atomic E-state index is 0.0382. The average molecular weight is 746 g/mol. The number of carbonyl (C=O) groups is 5. The second kappa shape index (κ2) is 20.2. The molecule has 1 aliphatic heterocycles. The van der Waals surface area contributed by atoms with E-state index in [1.165, 1.54) is 19.1 Å². The molecule has 4 rings (SSSR count). The maximum absolute atomic E-state index is 14.4. The number of fused-ring (bicyclic) bond motifs is 5. The molecule has 4 atom stereocenters. The number of rotatable bonds is 15. The van der Waals surface area contributed by atoms with Crippen LogP contribution in [0.4, 0.5) is 0 Å². The van der Waals surface area contributed by atoms with Gasteiger partial charge in [0.25, 0.3) is 0 Å². The first-order valence-corrected chi connectivity index (χ1v) is 18.0. The van der Waals surface area contributed by atoms with Crippen molar-refractivity contribution in [1.82, 2.24) is 10.2 Å². The summed E-state index contributed by atoms with van der Waals surface area (Å²) in [5.74, 6) is -3.65. The lowest BCUT2D eigenvalue weighted by molar-refractivity contribution is -0.151. The number of benzene rings is 3. The molecule has 7 N–H and O–H groups in total. The van der Waals surface area contributed by atoms with Gasteiger partial charge < -0.3 is 46.4 Å². The molecule has 14 nitrogen and oxygen atoms in total. The maximum atomic E-state index is 14.4. The number of hydrogen-bond donors (Lipinski definition) is 4. The summed E-state index contributed by atoms with van der Waals surface area (Å²) in [5.41, 5.74) is 20.5. The van der Waals surface area contributed by atoms with E-state index in [0.29, 0.717) is 33.8 Å². The molecule has 4 bridgehead atoms. The van der Waals surface area contributed by atoms with E-state index < -0.39 is 53.5 Å². The highest BCUT2D eigenvalue weighted by atomic mass is 16.5. The molecule has 0 unspecified atom stereocenters. The number of methoxy groups -OCH3 is 1. The molecular formula is C40H51N5O9. The van der Waals surface area contributed by atoms with Gasteiger partial charge in [0.2, 0.25) is 11.8 Å². The van der Waals surface area contributed by atoms with Crippen LogP contribution in [0.2, 0.25) is 0 Å². The molecule has 1 heterocycles. The number of carbonyl (C=O) groups excluding carboxylic acids is 5. The first-order valence-electron chi connectivity index (χ1n) is 18.0. The van der Waals surface area contributed by atoms with Crippen LogP contribution in [-0.4, -0.2) is 87.5 Å². The van der Waals surface area contributed by atoms with Gasteiger partial charge in [-0.05, 0) is 53.9 Å². The van der Waals surface area contributed by atoms with E-state index in [9.17, 15) is 24.0 Å². The molecule has 0 saturated carbocycles. The van der Waals surface area contributed by atoms with E-state index in [1.54, 1.807) is 37.3 Å². The second-order valence-corrected chi connectivity index (χ2v) is 13.2. The predicted molar refractivity (Wildman–Crippen MR) is 201 cm³/mol. The Balaban J connectivity index is 1.82. The van der Waals surface area contributed by atoms with E-state index >= 15 is 0 Å². The number of nitrogens with zero attached hydrogens (tertiary/aromatic N) is 1. The van der Waals surface area contributed by atoms with Crippen LogP contribution in [0.5, 0.6) is 11.5 Å². The summed E-state index contributed by atoms with van der Waals surface area (Å²) >= 11 is 0. The minimum Gasteiger partial charge on any atom is -0.492 e. The van der Waals surface area contributed by atoms with Crippen LogP contribution in [0, 0.1) is 11.8 Å². The molecule has 1 aliphatic rings. The minimum atomic E-state index is -1.20. The summed E-state index contributed by atoms with van der Waals surface area (Å²) in [6.07, 6.45) is -0.296. The molecule has 2 amide bonds. The Morgan fingerprint density at radius 1 is 0.870 bits per heavy atom. The van der Waals surface area contributed by atoms with Crippen LogP contribution in [0.15, 0.2) is 66.7 Å². The van der Waals surface area contributed by atoms with E-state index in [1.807, 2.05) is 36.4 Å². The highest BCUT2D eigenvalue weighted by molar-refractivity contribution is 5.95. The van der Waals surface area contributed by atoms with Crippen LogP contribution < -0.4 is 32.0 Å². The van der Waals surface area contributed by atoms with Gasteiger partial charge in [-0.15, -0.1) is 0 Å². The maximum Gasteiger partial charge on any atom is 0.328 e. The standard InChI is InChI=1S/C40H51N5O9/c1-25-19-33(46)37(45(2)39(49)29(13-14-41)23-36(47)54-24-26-7-5-4-6-8-26)28-10-12-35(53-18-16-43)31(22-28)30-20-27(9-11-34(30)52-17-15-42)21-32(40(50)51-3)44-38(25)48/h4-12,20,22,25,29,32,37H,13-19,21,23-24,41-43H2,1-3H3,(H,44,48)/t25-,29-,32+,37+/m1/s1. The SMILES string of the molecule is COC(=O)[C@@H]1Cc2ccc(OCCN)c(c2)-c2cc(ccc2OCCN)[C@H](N(C)C(=O)[C@H](CCN)CC(=O)OCc2ccccc2)C(=O)C[C@@H](C)C(=O)N1. The van der Waals surface area contributed by atoms with Gasteiger partial charge in [-0.25, -0.2) is 4.79 Å². The number of esters is 2. The summed E-state index contributed by atoms with van der Waals surface area (Å²) in [4.78, 5) is 69.4. The number of ketones is 1. The van der Waals surface area contributed by atoms with Crippen LogP contribution in [0.25, 0.3) is 11.1 Å². The summed E-state index contributed by atoms with van der Waals surface area (Å²) < 4.78 is 22.6. The van der Waals surface area contributed by atoms with Gasteiger partial charge in [0.05, 0.1) is 13.5 Å². The molecule has 290 valence electrons. The van der Waals surface area contributed by atoms with Crippen LogP contribution >= 0.6 is 0 Å². The summed E-state index contributed by atoms with van der Waals surface area (Å²) in [7, 11) is 2.71. The van der Waals surface area contributed by atoms with Crippen molar-refractivity contribution in [3.63, 3.8) is 0 Å². The molecule has 54 heavy (non-hydrogen) atoms. The fraction of sp³-hybridized carbons (Fsp3) is 0.425. The molecule has 14 heteroatoms. The monoisotopic (exact) mass is 745 g/mol. The van der Waals surface area contributed by atoms with Crippen molar-refractivity contribution in [3.05, 3.63) is 83.4 Å². The van der Waals surface area contributed by atoms with Crippen molar-refractivity contribution in [2.24, 2.45) is 29.0 Å². The summed E-state index contributed by atoms with van der Waals surface area (Å²) in [6.45, 7) is 2.55. The van der Waals surface area contributed by atoms with Crippen LogP contribution in [0.3, 0.4) is 0 Å². The van der Waals surface area contributed by atoms with Crippen molar-refractivity contribution in [3.8, 4) is 22.6 Å². The number of nitrogens with two attached hydrogens (primary N) is 3. The fourth-order valence-corrected chi connectivity index (χ4v) is 6.38. The Morgan fingerprint density at radius 2 is 1.52 bits per heavy atom. The number of ether oxygens (including phenoxy) is 4. The zero-order valence-corrected chi connectivity index (χ0v) is 31.1. The lowest BCUT2D eigenvalue weighted by atomic mass is 9.89. The molecule has 0 saturated heterocycles. The Bertz CT molecular complexity index is 1770. The first-order chi connectivity index (χ1) is 26.0. The average Bonchev–Trinajstić information content (AvgIpc) is 3.17. The molecule has 0 aromatic heterocycles. The van der Waals surface area contributed by atoms with Crippen LogP contribution in [0.1, 0.15) is 48.9 Å². The Kier molecular flexibility index (Phi) is 15.5. The molecule has 0 spiro atoms. The van der Waals surface area contributed by atoms with Gasteiger partial charge in [-0.3, -0.25) is 19.2 Å². The summed E-state index contributed by atoms with van der Waals surface area (Å²) in [5, 5.41) is 2.75. The number of nitrogens with one attached hydrogen (secondary N) is 1.